The molecule has 0 bridgehead atoms. The van der Waals surface area contributed by atoms with Gasteiger partial charge in [-0.3, -0.25) is 14.5 Å². The van der Waals surface area contributed by atoms with E-state index in [1.54, 1.807) is 43.1 Å². The van der Waals surface area contributed by atoms with E-state index in [-0.39, 0.29) is 24.4 Å². The number of hydrogen-bond donors (Lipinski definition) is 2. The number of nitrogens with one attached hydrogen (secondary N) is 2. The van der Waals surface area contributed by atoms with Gasteiger partial charge in [0.1, 0.15) is 0 Å². The summed E-state index contributed by atoms with van der Waals surface area (Å²) in [7, 11) is 1.74. The van der Waals surface area contributed by atoms with Gasteiger partial charge in [-0.05, 0) is 38.6 Å². The molecule has 0 aliphatic rings. The number of rotatable bonds is 7. The van der Waals surface area contributed by atoms with Crippen molar-refractivity contribution in [3.05, 3.63) is 65.2 Å². The molecule has 0 radical (unpaired) electrons. The molecular weight excluding hydrogens is 350 g/mol. The molecule has 0 aliphatic heterocycles. The van der Waals surface area contributed by atoms with Crippen LogP contribution < -0.4 is 10.6 Å². The molecule has 2 aromatic carbocycles. The number of amides is 2. The maximum atomic E-state index is 12.5. The highest BCUT2D eigenvalue weighted by atomic mass is 35.5. The third-order valence-electron chi connectivity index (χ3n) is 4.24. The Morgan fingerprint density at radius 2 is 1.65 bits per heavy atom. The van der Waals surface area contributed by atoms with Crippen LogP contribution in [0.15, 0.2) is 54.6 Å². The van der Waals surface area contributed by atoms with Crippen LogP contribution in [0, 0.1) is 0 Å². The van der Waals surface area contributed by atoms with Crippen molar-refractivity contribution in [3.8, 4) is 0 Å². The van der Waals surface area contributed by atoms with Crippen molar-refractivity contribution in [2.24, 2.45) is 0 Å². The first-order valence-corrected chi connectivity index (χ1v) is 8.86. The smallest absolute Gasteiger partial charge is 0.238 e. The first-order chi connectivity index (χ1) is 12.4. The lowest BCUT2D eigenvalue weighted by Crippen LogP contribution is -2.46. The van der Waals surface area contributed by atoms with Gasteiger partial charge in [0.2, 0.25) is 11.8 Å². The average molecular weight is 374 g/mol. The molecule has 0 aromatic heterocycles. The predicted molar refractivity (Wildman–Crippen MR) is 105 cm³/mol. The Morgan fingerprint density at radius 1 is 1.04 bits per heavy atom. The zero-order valence-electron chi connectivity index (χ0n) is 15.2. The van der Waals surface area contributed by atoms with Crippen molar-refractivity contribution >= 4 is 29.1 Å². The fourth-order valence-corrected chi connectivity index (χ4v) is 2.66. The van der Waals surface area contributed by atoms with E-state index >= 15 is 0 Å². The van der Waals surface area contributed by atoms with Gasteiger partial charge < -0.3 is 10.6 Å². The van der Waals surface area contributed by atoms with E-state index in [1.165, 1.54) is 0 Å². The zero-order chi connectivity index (χ0) is 19.1. The normalized spacial score (nSPS) is 13.1. The highest BCUT2D eigenvalue weighted by Crippen LogP contribution is 2.20. The molecule has 2 amide bonds. The first-order valence-electron chi connectivity index (χ1n) is 8.48. The van der Waals surface area contributed by atoms with Gasteiger partial charge in [-0.25, -0.2) is 0 Å². The van der Waals surface area contributed by atoms with Crippen LogP contribution >= 0.6 is 11.6 Å². The van der Waals surface area contributed by atoms with Gasteiger partial charge in [-0.15, -0.1) is 0 Å². The van der Waals surface area contributed by atoms with Gasteiger partial charge in [-0.1, -0.05) is 54.1 Å². The van der Waals surface area contributed by atoms with E-state index in [0.717, 1.165) is 5.56 Å². The first kappa shape index (κ1) is 19.9. The number of likely N-dealkylation sites (N-methyl/N-ethyl adjacent to an activating group) is 1. The van der Waals surface area contributed by atoms with E-state index in [0.29, 0.717) is 10.7 Å². The molecular formula is C20H24ClN3O2. The van der Waals surface area contributed by atoms with Gasteiger partial charge in [0.15, 0.2) is 0 Å². The third kappa shape index (κ3) is 5.58. The molecule has 5 nitrogen and oxygen atoms in total. The summed E-state index contributed by atoms with van der Waals surface area (Å²) < 4.78 is 0. The molecule has 2 rings (SSSR count). The molecule has 0 heterocycles. The molecule has 6 heteroatoms. The second kappa shape index (κ2) is 9.36. The number of carbonyl (C=O) groups is 2. The maximum absolute atomic E-state index is 12.5. The number of nitrogens with zero attached hydrogens (tertiary/aromatic N) is 1. The SMILES string of the molecule is CC(NC(=O)C(C)N(C)CC(=O)Nc1ccccc1Cl)c1ccccc1. The summed E-state index contributed by atoms with van der Waals surface area (Å²) >= 11 is 6.04. The van der Waals surface area contributed by atoms with Crippen molar-refractivity contribution in [1.29, 1.82) is 0 Å². The van der Waals surface area contributed by atoms with Crippen molar-refractivity contribution in [1.82, 2.24) is 10.2 Å². The summed E-state index contributed by atoms with van der Waals surface area (Å²) in [5.74, 6) is -0.356. The van der Waals surface area contributed by atoms with E-state index in [9.17, 15) is 9.59 Å². The molecule has 0 saturated carbocycles. The van der Waals surface area contributed by atoms with E-state index in [1.807, 2.05) is 37.3 Å². The Hall–Kier alpha value is -2.37. The molecule has 0 spiro atoms. The number of carbonyl (C=O) groups excluding carboxylic acids is 2. The van der Waals surface area contributed by atoms with Gasteiger partial charge in [0.25, 0.3) is 0 Å². The van der Waals surface area contributed by atoms with Crippen LogP contribution in [0.4, 0.5) is 5.69 Å². The fraction of sp³-hybridized carbons (Fsp3) is 0.300. The van der Waals surface area contributed by atoms with Crippen LogP contribution in [0.2, 0.25) is 5.02 Å². The summed E-state index contributed by atoms with van der Waals surface area (Å²) in [4.78, 5) is 26.4. The molecule has 0 fully saturated rings. The predicted octanol–water partition coefficient (Wildman–Crippen LogP) is 3.48. The highest BCUT2D eigenvalue weighted by molar-refractivity contribution is 6.33. The Morgan fingerprint density at radius 3 is 2.31 bits per heavy atom. The summed E-state index contributed by atoms with van der Waals surface area (Å²) in [5, 5.41) is 6.21. The minimum absolute atomic E-state index is 0.0829. The largest absolute Gasteiger partial charge is 0.348 e. The van der Waals surface area contributed by atoms with Crippen molar-refractivity contribution < 1.29 is 9.59 Å². The highest BCUT2D eigenvalue weighted by Gasteiger charge is 2.22. The minimum atomic E-state index is -0.446. The van der Waals surface area contributed by atoms with Crippen LogP contribution in [0.3, 0.4) is 0 Å². The number of para-hydroxylation sites is 1. The summed E-state index contributed by atoms with van der Waals surface area (Å²) in [5.41, 5.74) is 1.59. The van der Waals surface area contributed by atoms with E-state index in [4.69, 9.17) is 11.6 Å². The Labute approximate surface area is 159 Å². The zero-order valence-corrected chi connectivity index (χ0v) is 16.0. The Kier molecular flexibility index (Phi) is 7.18. The summed E-state index contributed by atoms with van der Waals surface area (Å²) in [6.45, 7) is 3.79. The van der Waals surface area contributed by atoms with Crippen LogP contribution in [0.5, 0.6) is 0 Å². The Balaban J connectivity index is 1.87. The molecule has 0 aliphatic carbocycles. The molecule has 26 heavy (non-hydrogen) atoms. The number of hydrogen-bond acceptors (Lipinski definition) is 3. The molecule has 138 valence electrons. The van der Waals surface area contributed by atoms with E-state index < -0.39 is 6.04 Å². The molecule has 2 aromatic rings. The number of anilines is 1. The van der Waals surface area contributed by atoms with Gasteiger partial charge >= 0.3 is 0 Å². The quantitative estimate of drug-likeness (QED) is 0.781. The van der Waals surface area contributed by atoms with Crippen LogP contribution in [0.25, 0.3) is 0 Å². The van der Waals surface area contributed by atoms with Crippen molar-refractivity contribution in [2.75, 3.05) is 18.9 Å². The third-order valence-corrected chi connectivity index (χ3v) is 4.57. The lowest BCUT2D eigenvalue weighted by molar-refractivity contribution is -0.127. The van der Waals surface area contributed by atoms with Gasteiger partial charge in [-0.2, -0.15) is 0 Å². The fourth-order valence-electron chi connectivity index (χ4n) is 2.47. The molecule has 2 N–H and O–H groups in total. The van der Waals surface area contributed by atoms with Crippen molar-refractivity contribution in [2.45, 2.75) is 25.9 Å². The summed E-state index contributed by atoms with van der Waals surface area (Å²) in [6.07, 6.45) is 0. The van der Waals surface area contributed by atoms with Crippen molar-refractivity contribution in [3.63, 3.8) is 0 Å². The second-order valence-electron chi connectivity index (χ2n) is 6.26. The number of benzene rings is 2. The monoisotopic (exact) mass is 373 g/mol. The summed E-state index contributed by atoms with van der Waals surface area (Å²) in [6, 6.07) is 16.2. The molecule has 0 saturated heterocycles. The number of halogens is 1. The standard InChI is InChI=1S/C20H24ClN3O2/c1-14(16-9-5-4-6-10-16)22-20(26)15(2)24(3)13-19(25)23-18-12-8-7-11-17(18)21/h4-12,14-15H,13H2,1-3H3,(H,22,26)(H,23,25). The maximum Gasteiger partial charge on any atom is 0.238 e. The molecule has 2 atom stereocenters. The van der Waals surface area contributed by atoms with Crippen LogP contribution in [-0.2, 0) is 9.59 Å². The second-order valence-corrected chi connectivity index (χ2v) is 6.67. The van der Waals surface area contributed by atoms with Crippen LogP contribution in [0.1, 0.15) is 25.5 Å². The lowest BCUT2D eigenvalue weighted by atomic mass is 10.1. The molecule has 2 unspecified atom stereocenters. The van der Waals surface area contributed by atoms with Gasteiger partial charge in [0.05, 0.1) is 29.3 Å². The average Bonchev–Trinajstić information content (AvgIpc) is 2.63. The topological polar surface area (TPSA) is 61.4 Å². The van der Waals surface area contributed by atoms with Crippen LogP contribution in [-0.4, -0.2) is 36.3 Å². The lowest BCUT2D eigenvalue weighted by Gasteiger charge is -2.25. The minimum Gasteiger partial charge on any atom is -0.348 e. The van der Waals surface area contributed by atoms with Gasteiger partial charge in [0, 0.05) is 0 Å². The van der Waals surface area contributed by atoms with E-state index in [2.05, 4.69) is 10.6 Å². The Bertz CT molecular complexity index is 752.